The summed E-state index contributed by atoms with van der Waals surface area (Å²) in [7, 11) is 0. The minimum Gasteiger partial charge on any atom is -0.485 e. The lowest BCUT2D eigenvalue weighted by molar-refractivity contribution is -0.149. The van der Waals surface area contributed by atoms with E-state index in [9.17, 15) is 9.59 Å². The number of nitrogens with zero attached hydrogens (tertiary/aromatic N) is 2. The number of ketones is 1. The predicted molar refractivity (Wildman–Crippen MR) is 105 cm³/mol. The summed E-state index contributed by atoms with van der Waals surface area (Å²) in [5, 5.41) is 0.421. The van der Waals surface area contributed by atoms with Crippen LogP contribution in [0.2, 0.25) is 0 Å². The van der Waals surface area contributed by atoms with Gasteiger partial charge in [0.2, 0.25) is 5.78 Å². The zero-order valence-corrected chi connectivity index (χ0v) is 16.7. The summed E-state index contributed by atoms with van der Waals surface area (Å²) in [6.07, 6.45) is 7.52. The maximum atomic E-state index is 12.6. The van der Waals surface area contributed by atoms with Crippen molar-refractivity contribution in [3.05, 3.63) is 30.1 Å². The Hall–Kier alpha value is -1.82. The van der Waals surface area contributed by atoms with Crippen LogP contribution in [0.4, 0.5) is 0 Å². The van der Waals surface area contributed by atoms with Gasteiger partial charge in [0.15, 0.2) is 5.05 Å². The van der Waals surface area contributed by atoms with Crippen LogP contribution in [-0.4, -0.2) is 45.8 Å². The molecule has 0 bridgehead atoms. The SMILES string of the molecule is CCC(C)(C)C(=O)C(=O)N1CCC[C@H]1C(=S)OCCCc1cccnc1. The fourth-order valence-corrected chi connectivity index (χ4v) is 3.25. The molecule has 142 valence electrons. The number of aryl methyl sites for hydroxylation is 1. The minimum absolute atomic E-state index is 0.271. The molecule has 0 aromatic carbocycles. The van der Waals surface area contributed by atoms with E-state index >= 15 is 0 Å². The molecule has 1 aromatic rings. The summed E-state index contributed by atoms with van der Waals surface area (Å²) < 4.78 is 5.73. The number of thiocarbonyl (C=S) groups is 1. The zero-order chi connectivity index (χ0) is 19.2. The average Bonchev–Trinajstić information content (AvgIpc) is 3.14. The predicted octanol–water partition coefficient (Wildman–Crippen LogP) is 3.35. The number of amides is 1. The van der Waals surface area contributed by atoms with Gasteiger partial charge < -0.3 is 9.64 Å². The third kappa shape index (κ3) is 5.10. The number of hydrogen-bond acceptors (Lipinski definition) is 5. The van der Waals surface area contributed by atoms with Crippen LogP contribution in [0.1, 0.15) is 52.0 Å². The molecule has 1 atom stereocenters. The molecule has 1 aliphatic rings. The Bertz CT molecular complexity index is 646. The maximum Gasteiger partial charge on any atom is 0.291 e. The van der Waals surface area contributed by atoms with Crippen LogP contribution in [-0.2, 0) is 20.7 Å². The van der Waals surface area contributed by atoms with E-state index in [4.69, 9.17) is 17.0 Å². The van der Waals surface area contributed by atoms with E-state index in [1.54, 1.807) is 11.1 Å². The number of ether oxygens (including phenoxy) is 1. The molecule has 2 heterocycles. The molecule has 0 spiro atoms. The number of Topliss-reactive ketones (excluding diaryl/α,β-unsaturated/α-hetero) is 1. The molecule has 26 heavy (non-hydrogen) atoms. The Morgan fingerprint density at radius 2 is 2.19 bits per heavy atom. The van der Waals surface area contributed by atoms with E-state index in [1.165, 1.54) is 0 Å². The van der Waals surface area contributed by atoms with Crippen molar-refractivity contribution in [1.29, 1.82) is 0 Å². The van der Waals surface area contributed by atoms with Crippen LogP contribution >= 0.6 is 12.2 Å². The number of carbonyl (C=O) groups is 2. The number of carbonyl (C=O) groups excluding carboxylic acids is 2. The molecule has 2 rings (SSSR count). The van der Waals surface area contributed by atoms with Gasteiger partial charge in [-0.3, -0.25) is 14.6 Å². The lowest BCUT2D eigenvalue weighted by Gasteiger charge is -2.28. The van der Waals surface area contributed by atoms with Gasteiger partial charge in [0, 0.05) is 24.4 Å². The number of aromatic nitrogens is 1. The molecule has 1 saturated heterocycles. The summed E-state index contributed by atoms with van der Waals surface area (Å²) in [5.74, 6) is -0.771. The van der Waals surface area contributed by atoms with Crippen LogP contribution in [0.3, 0.4) is 0 Å². The Labute approximate surface area is 161 Å². The van der Waals surface area contributed by atoms with Gasteiger partial charge in [-0.2, -0.15) is 0 Å². The van der Waals surface area contributed by atoms with E-state index in [0.717, 1.165) is 31.2 Å². The highest BCUT2D eigenvalue weighted by Gasteiger charge is 2.40. The van der Waals surface area contributed by atoms with Gasteiger partial charge in [-0.05, 0) is 56.0 Å². The summed E-state index contributed by atoms with van der Waals surface area (Å²) in [6.45, 7) is 6.61. The van der Waals surface area contributed by atoms with Gasteiger partial charge in [0.25, 0.3) is 5.91 Å². The molecule has 1 amide bonds. The Morgan fingerprint density at radius 1 is 1.42 bits per heavy atom. The fraction of sp³-hybridized carbons (Fsp3) is 0.600. The van der Waals surface area contributed by atoms with Crippen molar-refractivity contribution >= 4 is 29.0 Å². The normalized spacial score (nSPS) is 17.2. The first-order chi connectivity index (χ1) is 12.4. The highest BCUT2D eigenvalue weighted by atomic mass is 32.1. The van der Waals surface area contributed by atoms with Crippen molar-refractivity contribution in [2.45, 2.75) is 58.9 Å². The quantitative estimate of drug-likeness (QED) is 0.396. The van der Waals surface area contributed by atoms with Crippen LogP contribution in [0, 0.1) is 5.41 Å². The molecular weight excluding hydrogens is 348 g/mol. The van der Waals surface area contributed by atoms with E-state index < -0.39 is 11.3 Å². The van der Waals surface area contributed by atoms with Crippen molar-refractivity contribution in [2.24, 2.45) is 5.41 Å². The summed E-state index contributed by atoms with van der Waals surface area (Å²) in [6, 6.07) is 3.68. The van der Waals surface area contributed by atoms with Gasteiger partial charge in [0.05, 0.1) is 6.61 Å². The molecule has 6 heteroatoms. The van der Waals surface area contributed by atoms with Crippen molar-refractivity contribution < 1.29 is 14.3 Å². The van der Waals surface area contributed by atoms with Crippen molar-refractivity contribution in [3.63, 3.8) is 0 Å². The first kappa shape index (κ1) is 20.5. The number of hydrogen-bond donors (Lipinski definition) is 0. The first-order valence-electron chi connectivity index (χ1n) is 9.27. The van der Waals surface area contributed by atoms with Crippen molar-refractivity contribution in [1.82, 2.24) is 9.88 Å². The number of rotatable bonds is 8. The molecular formula is C20H28N2O3S. The minimum atomic E-state index is -0.642. The smallest absolute Gasteiger partial charge is 0.291 e. The van der Waals surface area contributed by atoms with Crippen LogP contribution in [0.15, 0.2) is 24.5 Å². The first-order valence-corrected chi connectivity index (χ1v) is 9.68. The van der Waals surface area contributed by atoms with Crippen LogP contribution in [0.5, 0.6) is 0 Å². The molecule has 1 aromatic heterocycles. The van der Waals surface area contributed by atoms with E-state index in [1.807, 2.05) is 39.1 Å². The van der Waals surface area contributed by atoms with Crippen LogP contribution in [0.25, 0.3) is 0 Å². The Balaban J connectivity index is 1.85. The van der Waals surface area contributed by atoms with E-state index in [-0.39, 0.29) is 11.8 Å². The van der Waals surface area contributed by atoms with E-state index in [0.29, 0.717) is 24.6 Å². The number of pyridine rings is 1. The Kier molecular flexibility index (Phi) is 7.26. The van der Waals surface area contributed by atoms with E-state index in [2.05, 4.69) is 4.98 Å². The molecule has 0 unspecified atom stereocenters. The maximum absolute atomic E-state index is 12.6. The second-order valence-corrected chi connectivity index (χ2v) is 7.76. The molecule has 0 radical (unpaired) electrons. The molecule has 1 aliphatic heterocycles. The molecule has 0 saturated carbocycles. The molecule has 0 aliphatic carbocycles. The van der Waals surface area contributed by atoms with Crippen molar-refractivity contribution in [3.8, 4) is 0 Å². The lowest BCUT2D eigenvalue weighted by atomic mass is 9.84. The van der Waals surface area contributed by atoms with Crippen LogP contribution < -0.4 is 0 Å². The summed E-state index contributed by atoms with van der Waals surface area (Å²) in [5.41, 5.74) is 0.517. The fourth-order valence-electron chi connectivity index (χ4n) is 2.93. The van der Waals surface area contributed by atoms with Gasteiger partial charge in [-0.15, -0.1) is 0 Å². The largest absolute Gasteiger partial charge is 0.485 e. The van der Waals surface area contributed by atoms with Gasteiger partial charge >= 0.3 is 0 Å². The number of likely N-dealkylation sites (tertiary alicyclic amines) is 1. The van der Waals surface area contributed by atoms with Gasteiger partial charge in [0.1, 0.15) is 6.04 Å². The average molecular weight is 377 g/mol. The molecule has 1 fully saturated rings. The third-order valence-electron chi connectivity index (χ3n) is 5.06. The second-order valence-electron chi connectivity index (χ2n) is 7.36. The van der Waals surface area contributed by atoms with Gasteiger partial charge in [-0.1, -0.05) is 26.8 Å². The highest BCUT2D eigenvalue weighted by Crippen LogP contribution is 2.26. The highest BCUT2D eigenvalue weighted by molar-refractivity contribution is 7.80. The topological polar surface area (TPSA) is 59.5 Å². The second kappa shape index (κ2) is 9.21. The Morgan fingerprint density at radius 3 is 2.85 bits per heavy atom. The molecule has 0 N–H and O–H groups in total. The third-order valence-corrected chi connectivity index (χ3v) is 5.45. The lowest BCUT2D eigenvalue weighted by Crippen LogP contribution is -2.47. The van der Waals surface area contributed by atoms with Crippen molar-refractivity contribution in [2.75, 3.05) is 13.2 Å². The monoisotopic (exact) mass is 376 g/mol. The standard InChI is InChI=1S/C20H28N2O3S/c1-4-20(2,3)17(23)18(24)22-12-6-10-16(22)19(26)25-13-7-9-15-8-5-11-21-14-15/h5,8,11,14,16H,4,6-7,9-10,12-13H2,1-3H3/t16-/m0/s1. The summed E-state index contributed by atoms with van der Waals surface area (Å²) in [4.78, 5) is 30.8. The zero-order valence-electron chi connectivity index (χ0n) is 15.9. The molecule has 5 nitrogen and oxygen atoms in total. The summed E-state index contributed by atoms with van der Waals surface area (Å²) >= 11 is 5.41. The van der Waals surface area contributed by atoms with Gasteiger partial charge in [-0.25, -0.2) is 0 Å².